The van der Waals surface area contributed by atoms with E-state index in [9.17, 15) is 9.59 Å². The molecule has 0 N–H and O–H groups in total. The van der Waals surface area contributed by atoms with Crippen molar-refractivity contribution >= 4 is 18.0 Å². The fourth-order valence-electron chi connectivity index (χ4n) is 4.47. The number of piperidine rings is 1. The van der Waals surface area contributed by atoms with Gasteiger partial charge in [-0.15, -0.1) is 0 Å². The topological polar surface area (TPSA) is 68.3 Å². The van der Waals surface area contributed by atoms with Crippen LogP contribution in [0.1, 0.15) is 38.2 Å². The van der Waals surface area contributed by atoms with Crippen LogP contribution in [0.4, 0.5) is 0 Å². The standard InChI is InChI=1S/C23H32N2O5/c1-4-16-30-25-21(26)17-19(22(27)29-3)23(25)11-14-24(15-12-23)13-7-9-18-8-5-6-10-20(18)28-2/h5-10,19H,4,11-17H2,1-3H3/b9-7+. The van der Waals surface area contributed by atoms with Gasteiger partial charge in [0.2, 0.25) is 5.91 Å². The van der Waals surface area contributed by atoms with Gasteiger partial charge in [-0.1, -0.05) is 37.3 Å². The van der Waals surface area contributed by atoms with Crippen LogP contribution < -0.4 is 4.74 Å². The summed E-state index contributed by atoms with van der Waals surface area (Å²) in [5.41, 5.74) is 0.433. The lowest BCUT2D eigenvalue weighted by molar-refractivity contribution is -0.223. The summed E-state index contributed by atoms with van der Waals surface area (Å²) in [6.45, 7) is 4.82. The molecular weight excluding hydrogens is 384 g/mol. The van der Waals surface area contributed by atoms with Gasteiger partial charge in [-0.2, -0.15) is 0 Å². The zero-order chi connectivity index (χ0) is 21.6. The van der Waals surface area contributed by atoms with E-state index in [0.717, 1.165) is 37.4 Å². The number of hydroxylamine groups is 2. The Kier molecular flexibility index (Phi) is 7.50. The van der Waals surface area contributed by atoms with E-state index >= 15 is 0 Å². The zero-order valence-electron chi connectivity index (χ0n) is 18.1. The number of methoxy groups -OCH3 is 2. The molecule has 2 aliphatic heterocycles. The highest BCUT2D eigenvalue weighted by atomic mass is 16.7. The molecule has 0 aromatic heterocycles. The van der Waals surface area contributed by atoms with E-state index in [4.69, 9.17) is 14.3 Å². The predicted octanol–water partition coefficient (Wildman–Crippen LogP) is 2.91. The summed E-state index contributed by atoms with van der Waals surface area (Å²) < 4.78 is 10.4. The molecule has 2 fully saturated rings. The average molecular weight is 417 g/mol. The number of carbonyl (C=O) groups excluding carboxylic acids is 2. The molecule has 1 atom stereocenters. The molecule has 0 aliphatic carbocycles. The van der Waals surface area contributed by atoms with Crippen LogP contribution in [0.2, 0.25) is 0 Å². The fourth-order valence-corrected chi connectivity index (χ4v) is 4.47. The minimum Gasteiger partial charge on any atom is -0.496 e. The van der Waals surface area contributed by atoms with Crippen LogP contribution in [0.5, 0.6) is 5.75 Å². The van der Waals surface area contributed by atoms with Gasteiger partial charge in [0, 0.05) is 31.6 Å². The highest BCUT2D eigenvalue weighted by molar-refractivity contribution is 5.88. The molecule has 2 heterocycles. The lowest BCUT2D eigenvalue weighted by Gasteiger charge is -2.45. The first-order valence-corrected chi connectivity index (χ1v) is 10.6. The Morgan fingerprint density at radius 3 is 2.63 bits per heavy atom. The van der Waals surface area contributed by atoms with E-state index in [0.29, 0.717) is 19.4 Å². The molecular formula is C23H32N2O5. The molecule has 1 spiro atoms. The van der Waals surface area contributed by atoms with E-state index in [1.54, 1.807) is 7.11 Å². The van der Waals surface area contributed by atoms with E-state index in [1.165, 1.54) is 12.2 Å². The van der Waals surface area contributed by atoms with Gasteiger partial charge in [0.05, 0.1) is 32.3 Å². The van der Waals surface area contributed by atoms with E-state index in [2.05, 4.69) is 17.1 Å². The molecule has 0 bridgehead atoms. The number of amides is 1. The number of nitrogens with zero attached hydrogens (tertiary/aromatic N) is 2. The third-order valence-electron chi connectivity index (χ3n) is 6.09. The molecule has 0 radical (unpaired) electrons. The molecule has 1 unspecified atom stereocenters. The maximum atomic E-state index is 12.6. The second-order valence-corrected chi connectivity index (χ2v) is 7.85. The van der Waals surface area contributed by atoms with Crippen molar-refractivity contribution in [1.29, 1.82) is 0 Å². The van der Waals surface area contributed by atoms with Gasteiger partial charge in [0.1, 0.15) is 5.75 Å². The van der Waals surface area contributed by atoms with Gasteiger partial charge in [-0.3, -0.25) is 19.3 Å². The molecule has 7 nitrogen and oxygen atoms in total. The molecule has 2 aliphatic rings. The van der Waals surface area contributed by atoms with E-state index in [1.807, 2.05) is 31.2 Å². The second kappa shape index (κ2) is 10.1. The Balaban J connectivity index is 1.66. The first-order valence-electron chi connectivity index (χ1n) is 10.6. The van der Waals surface area contributed by atoms with Gasteiger partial charge in [0.25, 0.3) is 0 Å². The number of hydrogen-bond acceptors (Lipinski definition) is 6. The van der Waals surface area contributed by atoms with Crippen LogP contribution >= 0.6 is 0 Å². The summed E-state index contributed by atoms with van der Waals surface area (Å²) >= 11 is 0. The van der Waals surface area contributed by atoms with Crippen molar-refractivity contribution in [2.24, 2.45) is 5.92 Å². The van der Waals surface area contributed by atoms with Gasteiger partial charge in [0.15, 0.2) is 0 Å². The van der Waals surface area contributed by atoms with Crippen LogP contribution in [-0.4, -0.2) is 67.8 Å². The summed E-state index contributed by atoms with van der Waals surface area (Å²) in [4.78, 5) is 33.2. The number of hydrogen-bond donors (Lipinski definition) is 0. The van der Waals surface area contributed by atoms with Crippen molar-refractivity contribution in [3.63, 3.8) is 0 Å². The summed E-state index contributed by atoms with van der Waals surface area (Å²) in [5, 5.41) is 1.50. The normalized spacial score (nSPS) is 21.5. The largest absolute Gasteiger partial charge is 0.496 e. The van der Waals surface area contributed by atoms with Gasteiger partial charge < -0.3 is 9.47 Å². The van der Waals surface area contributed by atoms with Gasteiger partial charge in [-0.25, -0.2) is 5.06 Å². The Morgan fingerprint density at radius 1 is 1.23 bits per heavy atom. The van der Waals surface area contributed by atoms with Crippen LogP contribution in [-0.2, 0) is 19.2 Å². The number of para-hydroxylation sites is 1. The van der Waals surface area contributed by atoms with Crippen molar-refractivity contribution in [3.05, 3.63) is 35.9 Å². The zero-order valence-corrected chi connectivity index (χ0v) is 18.1. The molecule has 1 aromatic carbocycles. The van der Waals surface area contributed by atoms with Crippen molar-refractivity contribution < 1.29 is 23.9 Å². The number of likely N-dealkylation sites (tertiary alicyclic amines) is 1. The first-order chi connectivity index (χ1) is 14.6. The number of rotatable bonds is 8. The van der Waals surface area contributed by atoms with Crippen molar-refractivity contribution in [1.82, 2.24) is 9.96 Å². The van der Waals surface area contributed by atoms with Crippen molar-refractivity contribution in [2.75, 3.05) is 40.5 Å². The molecule has 30 heavy (non-hydrogen) atoms. The summed E-state index contributed by atoms with van der Waals surface area (Å²) in [6, 6.07) is 7.91. The van der Waals surface area contributed by atoms with Gasteiger partial charge in [-0.05, 0) is 25.3 Å². The average Bonchev–Trinajstić information content (AvgIpc) is 3.04. The maximum absolute atomic E-state index is 12.6. The maximum Gasteiger partial charge on any atom is 0.311 e. The molecule has 164 valence electrons. The SMILES string of the molecule is CCCON1C(=O)CC(C(=O)OC)C12CCN(C/C=C/c1ccccc1OC)CC2. The van der Waals surface area contributed by atoms with Crippen LogP contribution in [0.15, 0.2) is 30.3 Å². The summed E-state index contributed by atoms with van der Waals surface area (Å²) in [6.07, 6.45) is 6.52. The minimum atomic E-state index is -0.609. The van der Waals surface area contributed by atoms with Gasteiger partial charge >= 0.3 is 5.97 Å². The van der Waals surface area contributed by atoms with Crippen LogP contribution in [0.25, 0.3) is 6.08 Å². The highest BCUT2D eigenvalue weighted by Crippen LogP contribution is 2.44. The predicted molar refractivity (Wildman–Crippen MR) is 114 cm³/mol. The lowest BCUT2D eigenvalue weighted by Crippen LogP contribution is -2.57. The second-order valence-electron chi connectivity index (χ2n) is 7.85. The van der Waals surface area contributed by atoms with E-state index in [-0.39, 0.29) is 18.3 Å². The van der Waals surface area contributed by atoms with Crippen LogP contribution in [0.3, 0.4) is 0 Å². The number of esters is 1. The third-order valence-corrected chi connectivity index (χ3v) is 6.09. The van der Waals surface area contributed by atoms with Crippen LogP contribution in [0, 0.1) is 5.92 Å². The number of ether oxygens (including phenoxy) is 2. The number of benzene rings is 1. The molecule has 1 aromatic rings. The third kappa shape index (κ3) is 4.52. The summed E-state index contributed by atoms with van der Waals surface area (Å²) in [7, 11) is 3.05. The number of carbonyl (C=O) groups is 2. The van der Waals surface area contributed by atoms with Crippen molar-refractivity contribution in [3.8, 4) is 5.75 Å². The molecule has 3 rings (SSSR count). The monoisotopic (exact) mass is 416 g/mol. The quantitative estimate of drug-likeness (QED) is 0.607. The molecule has 1 amide bonds. The molecule has 0 saturated carbocycles. The van der Waals surface area contributed by atoms with Crippen molar-refractivity contribution in [2.45, 2.75) is 38.1 Å². The smallest absolute Gasteiger partial charge is 0.311 e. The highest BCUT2D eigenvalue weighted by Gasteiger charge is 2.58. The minimum absolute atomic E-state index is 0.122. The fraction of sp³-hybridized carbons (Fsp3) is 0.565. The lowest BCUT2D eigenvalue weighted by atomic mass is 9.77. The molecule has 7 heteroatoms. The first kappa shape index (κ1) is 22.3. The Bertz CT molecular complexity index is 771. The Hall–Kier alpha value is -2.38. The van der Waals surface area contributed by atoms with E-state index < -0.39 is 11.5 Å². The summed E-state index contributed by atoms with van der Waals surface area (Å²) in [5.74, 6) is -0.0718. The Morgan fingerprint density at radius 2 is 1.97 bits per heavy atom. The molecule has 2 saturated heterocycles. The Labute approximate surface area is 178 Å².